The first-order chi connectivity index (χ1) is 17.1. The highest BCUT2D eigenvalue weighted by Crippen LogP contribution is 2.51. The number of carbonyl (C=O) groups excluding carboxylic acids is 1. The van der Waals surface area contributed by atoms with Crippen LogP contribution in [0.3, 0.4) is 0 Å². The molecule has 0 aliphatic carbocycles. The second-order valence-electron chi connectivity index (χ2n) is 8.79. The fraction of sp³-hybridized carbons (Fsp3) is 0.391. The number of amidine groups is 1. The van der Waals surface area contributed by atoms with Gasteiger partial charge in [-0.15, -0.1) is 11.3 Å². The van der Waals surface area contributed by atoms with Crippen molar-refractivity contribution in [2.45, 2.75) is 36.9 Å². The normalized spacial score (nSPS) is 27.1. The molecule has 13 heteroatoms. The summed E-state index contributed by atoms with van der Waals surface area (Å²) in [6.45, 7) is -0.217. The number of hydrogen-bond donors (Lipinski definition) is 2. The number of thiazole rings is 1. The lowest BCUT2D eigenvalue weighted by atomic mass is 9.87. The van der Waals surface area contributed by atoms with Crippen LogP contribution in [-0.4, -0.2) is 64.4 Å². The van der Waals surface area contributed by atoms with Crippen LogP contribution < -0.4 is 5.32 Å². The Bertz CT molecular complexity index is 1290. The van der Waals surface area contributed by atoms with Gasteiger partial charge in [-0.3, -0.25) is 9.69 Å². The summed E-state index contributed by atoms with van der Waals surface area (Å²) in [4.78, 5) is 34.9. The lowest BCUT2D eigenvalue weighted by Gasteiger charge is -2.31. The van der Waals surface area contributed by atoms with Crippen LogP contribution >= 0.6 is 22.9 Å². The maximum Gasteiger partial charge on any atom is 0.338 e. The minimum absolute atomic E-state index is 0.00723. The molecule has 8 nitrogen and oxygen atoms in total. The van der Waals surface area contributed by atoms with Gasteiger partial charge in [0.05, 0.1) is 36.4 Å². The van der Waals surface area contributed by atoms with Gasteiger partial charge in [0, 0.05) is 35.6 Å². The Labute approximate surface area is 212 Å². The number of aromatic nitrogens is 1. The molecule has 1 aromatic heterocycles. The van der Waals surface area contributed by atoms with E-state index in [0.29, 0.717) is 10.6 Å². The molecule has 2 aromatic rings. The number of methoxy groups -OCH3 is 1. The summed E-state index contributed by atoms with van der Waals surface area (Å²) < 4.78 is 48.1. The smallest absolute Gasteiger partial charge is 0.338 e. The number of fused-ring (bicyclic) bond motifs is 2. The molecule has 1 aromatic carbocycles. The summed E-state index contributed by atoms with van der Waals surface area (Å²) in [5.74, 6) is -6.25. The topological polar surface area (TPSA) is 104 Å². The van der Waals surface area contributed by atoms with Gasteiger partial charge in [-0.05, 0) is 24.1 Å². The van der Waals surface area contributed by atoms with Gasteiger partial charge in [0.15, 0.2) is 10.8 Å². The highest BCUT2D eigenvalue weighted by atomic mass is 35.5. The van der Waals surface area contributed by atoms with Crippen molar-refractivity contribution >= 4 is 40.7 Å². The van der Waals surface area contributed by atoms with Crippen LogP contribution in [-0.2, 0) is 14.3 Å². The number of aliphatic carboxylic acids is 1. The van der Waals surface area contributed by atoms with Crippen molar-refractivity contribution in [1.29, 1.82) is 0 Å². The van der Waals surface area contributed by atoms with E-state index in [1.807, 2.05) is 0 Å². The largest absolute Gasteiger partial charge is 0.481 e. The Hall–Kier alpha value is -2.96. The molecule has 0 saturated carbocycles. The predicted molar refractivity (Wildman–Crippen MR) is 125 cm³/mol. The number of halogens is 4. The summed E-state index contributed by atoms with van der Waals surface area (Å²) in [6, 6.07) is 0.514. The van der Waals surface area contributed by atoms with Crippen molar-refractivity contribution in [3.8, 4) is 0 Å². The van der Waals surface area contributed by atoms with Crippen molar-refractivity contribution in [3.63, 3.8) is 0 Å². The van der Waals surface area contributed by atoms with Crippen molar-refractivity contribution in [2.75, 3.05) is 13.7 Å². The molecular weight excluding hydrogens is 521 g/mol. The number of rotatable bonds is 6. The molecule has 2 saturated heterocycles. The van der Waals surface area contributed by atoms with E-state index in [-0.39, 0.29) is 35.1 Å². The number of aliphatic imine (C=N–C) groups is 1. The summed E-state index contributed by atoms with van der Waals surface area (Å²) in [5, 5.41) is 14.9. The average Bonchev–Trinajstić information content (AvgIpc) is 3.52. The van der Waals surface area contributed by atoms with E-state index in [0.717, 1.165) is 6.07 Å². The van der Waals surface area contributed by atoms with E-state index in [1.54, 1.807) is 11.6 Å². The lowest BCUT2D eigenvalue weighted by molar-refractivity contribution is -0.144. The quantitative estimate of drug-likeness (QED) is 0.539. The third kappa shape index (κ3) is 4.16. The summed E-state index contributed by atoms with van der Waals surface area (Å²) in [5.41, 5.74) is 0.473. The zero-order chi connectivity index (χ0) is 25.8. The number of carbonyl (C=O) groups is 2. The number of carboxylic acid groups (broad SMARTS) is 1. The van der Waals surface area contributed by atoms with E-state index >= 15 is 0 Å². The SMILES string of the molecule is COC(=O)C1=C(CN2C3CC(F)(F)C2C[C@@H]3C(=O)O)N=C(c2nccs2)N[C@H]1c1ccc(F)cc1Cl. The van der Waals surface area contributed by atoms with E-state index in [9.17, 15) is 27.9 Å². The molecule has 4 heterocycles. The van der Waals surface area contributed by atoms with Gasteiger partial charge in [-0.2, -0.15) is 0 Å². The maximum absolute atomic E-state index is 14.7. The zero-order valence-corrected chi connectivity index (χ0v) is 20.3. The minimum atomic E-state index is -3.07. The molecule has 0 amide bonds. The highest BCUT2D eigenvalue weighted by Gasteiger charge is 2.63. The molecule has 2 N–H and O–H groups in total. The van der Waals surface area contributed by atoms with Crippen molar-refractivity contribution in [1.82, 2.24) is 15.2 Å². The zero-order valence-electron chi connectivity index (χ0n) is 18.8. The maximum atomic E-state index is 14.7. The first kappa shape index (κ1) is 24.7. The number of carboxylic acids is 1. The molecule has 4 atom stereocenters. The van der Waals surface area contributed by atoms with Crippen LogP contribution in [0.5, 0.6) is 0 Å². The van der Waals surface area contributed by atoms with Gasteiger partial charge >= 0.3 is 11.9 Å². The third-order valence-corrected chi connectivity index (χ3v) is 7.93. The molecule has 36 heavy (non-hydrogen) atoms. The number of benzene rings is 1. The van der Waals surface area contributed by atoms with E-state index in [4.69, 9.17) is 16.3 Å². The molecule has 5 rings (SSSR count). The Morgan fingerprint density at radius 3 is 2.81 bits per heavy atom. The number of nitrogens with zero attached hydrogens (tertiary/aromatic N) is 3. The van der Waals surface area contributed by atoms with Gasteiger partial charge in [0.25, 0.3) is 5.92 Å². The Kier molecular flexibility index (Phi) is 6.29. The third-order valence-electron chi connectivity index (χ3n) is 6.83. The predicted octanol–water partition coefficient (Wildman–Crippen LogP) is 3.64. The van der Waals surface area contributed by atoms with Gasteiger partial charge in [0.1, 0.15) is 5.82 Å². The molecule has 190 valence electrons. The highest BCUT2D eigenvalue weighted by molar-refractivity contribution is 7.11. The molecule has 0 spiro atoms. The number of esters is 1. The molecule has 2 bridgehead atoms. The molecule has 2 unspecified atom stereocenters. The second-order valence-corrected chi connectivity index (χ2v) is 10.1. The summed E-state index contributed by atoms with van der Waals surface area (Å²) in [6.07, 6.45) is 0.758. The van der Waals surface area contributed by atoms with Gasteiger partial charge in [-0.25, -0.2) is 27.9 Å². The number of hydrogen-bond acceptors (Lipinski definition) is 8. The fourth-order valence-electron chi connectivity index (χ4n) is 5.24. The van der Waals surface area contributed by atoms with Crippen molar-refractivity contribution in [2.24, 2.45) is 10.9 Å². The van der Waals surface area contributed by atoms with Crippen LogP contribution in [0.2, 0.25) is 5.02 Å². The number of alkyl halides is 2. The van der Waals surface area contributed by atoms with Crippen LogP contribution in [0.1, 0.15) is 29.5 Å². The number of nitrogens with one attached hydrogen (secondary N) is 1. The molecular formula is C23H20ClF3N4O4S. The fourth-order valence-corrected chi connectivity index (χ4v) is 6.10. The molecule has 3 aliphatic heterocycles. The Morgan fingerprint density at radius 2 is 2.17 bits per heavy atom. The Morgan fingerprint density at radius 1 is 1.39 bits per heavy atom. The van der Waals surface area contributed by atoms with Crippen LogP contribution in [0.25, 0.3) is 0 Å². The van der Waals surface area contributed by atoms with Crippen LogP contribution in [0.15, 0.2) is 46.0 Å². The summed E-state index contributed by atoms with van der Waals surface area (Å²) in [7, 11) is 1.17. The molecule has 2 fully saturated rings. The first-order valence-corrected chi connectivity index (χ1v) is 12.2. The number of ether oxygens (including phenoxy) is 1. The van der Waals surface area contributed by atoms with Crippen molar-refractivity contribution in [3.05, 3.63) is 62.5 Å². The van der Waals surface area contributed by atoms with E-state index in [2.05, 4.69) is 15.3 Å². The average molecular weight is 541 g/mol. The van der Waals surface area contributed by atoms with Crippen LogP contribution in [0.4, 0.5) is 13.2 Å². The van der Waals surface area contributed by atoms with Gasteiger partial charge in [0.2, 0.25) is 0 Å². The summed E-state index contributed by atoms with van der Waals surface area (Å²) >= 11 is 7.60. The van der Waals surface area contributed by atoms with E-state index < -0.39 is 54.1 Å². The monoisotopic (exact) mass is 540 g/mol. The lowest BCUT2D eigenvalue weighted by Crippen LogP contribution is -2.41. The molecule has 3 aliphatic rings. The van der Waals surface area contributed by atoms with Crippen LogP contribution in [0, 0.1) is 11.7 Å². The van der Waals surface area contributed by atoms with E-state index in [1.165, 1.54) is 35.5 Å². The standard InChI is InChI=1S/C23H20ClF3N4O4S/c1-35-22(34)17-14(9-31-15-8-23(26,27)16(31)7-12(15)21(32)33)29-19(20-28-4-5-36-20)30-18(17)11-3-2-10(25)6-13(11)24/h2-6,12,15-16,18H,7-9H2,1H3,(H,29,30)(H,32,33)/t12-,15?,16?,18-/m0/s1. The van der Waals surface area contributed by atoms with Crippen molar-refractivity contribution < 1.29 is 32.6 Å². The van der Waals surface area contributed by atoms with Gasteiger partial charge < -0.3 is 15.2 Å². The van der Waals surface area contributed by atoms with Gasteiger partial charge in [-0.1, -0.05) is 17.7 Å². The second kappa shape index (κ2) is 9.16. The minimum Gasteiger partial charge on any atom is -0.481 e. The Balaban J connectivity index is 1.63. The first-order valence-electron chi connectivity index (χ1n) is 11.0. The molecule has 0 radical (unpaired) electrons.